The molecule has 0 aliphatic carbocycles. The minimum Gasteiger partial charge on any atom is -0.258 e. The highest BCUT2D eigenvalue weighted by Gasteiger charge is 2.17. The number of non-ortho nitro benzene ring substituents is 1. The van der Waals surface area contributed by atoms with E-state index < -0.39 is 14.9 Å². The van der Waals surface area contributed by atoms with Gasteiger partial charge in [0.25, 0.3) is 5.69 Å². The SMILES string of the molecule is CC[C@@H](C)NS(=O)(=O)c1ccc([N+](=O)[O-])cc1. The largest absolute Gasteiger partial charge is 0.269 e. The van der Waals surface area contributed by atoms with Gasteiger partial charge in [0.15, 0.2) is 0 Å². The molecule has 0 aliphatic rings. The minimum absolute atomic E-state index is 0.0309. The number of rotatable bonds is 5. The first-order valence-electron chi connectivity index (χ1n) is 5.13. The Morgan fingerprint density at radius 2 is 1.88 bits per heavy atom. The number of sulfonamides is 1. The molecule has 0 saturated heterocycles. The zero-order valence-electron chi connectivity index (χ0n) is 9.58. The van der Waals surface area contributed by atoms with Crippen molar-refractivity contribution < 1.29 is 13.3 Å². The van der Waals surface area contributed by atoms with Crippen molar-refractivity contribution in [2.75, 3.05) is 0 Å². The van der Waals surface area contributed by atoms with E-state index in [9.17, 15) is 18.5 Å². The van der Waals surface area contributed by atoms with Gasteiger partial charge in [0.05, 0.1) is 9.82 Å². The Hall–Kier alpha value is -1.47. The molecule has 0 unspecified atom stereocenters. The molecule has 94 valence electrons. The van der Waals surface area contributed by atoms with E-state index in [-0.39, 0.29) is 16.6 Å². The number of nitrogens with one attached hydrogen (secondary N) is 1. The number of nitro groups is 1. The molecule has 0 aliphatic heterocycles. The molecular weight excluding hydrogens is 244 g/mol. The lowest BCUT2D eigenvalue weighted by atomic mass is 10.3. The van der Waals surface area contributed by atoms with E-state index in [1.54, 1.807) is 6.92 Å². The highest BCUT2D eigenvalue weighted by atomic mass is 32.2. The van der Waals surface area contributed by atoms with Crippen LogP contribution in [0.4, 0.5) is 5.69 Å². The normalized spacial score (nSPS) is 13.3. The summed E-state index contributed by atoms with van der Waals surface area (Å²) in [6, 6.07) is 4.62. The first-order chi connectivity index (χ1) is 7.86. The van der Waals surface area contributed by atoms with Crippen LogP contribution >= 0.6 is 0 Å². The highest BCUT2D eigenvalue weighted by Crippen LogP contribution is 2.16. The van der Waals surface area contributed by atoms with Crippen molar-refractivity contribution in [3.8, 4) is 0 Å². The fourth-order valence-corrected chi connectivity index (χ4v) is 2.49. The lowest BCUT2D eigenvalue weighted by Crippen LogP contribution is -2.31. The second-order valence-corrected chi connectivity index (χ2v) is 5.40. The van der Waals surface area contributed by atoms with Gasteiger partial charge in [-0.15, -0.1) is 0 Å². The fraction of sp³-hybridized carbons (Fsp3) is 0.400. The molecule has 0 radical (unpaired) electrons. The summed E-state index contributed by atoms with van der Waals surface area (Å²) in [7, 11) is -3.59. The molecule has 0 spiro atoms. The summed E-state index contributed by atoms with van der Waals surface area (Å²) in [6.45, 7) is 3.62. The third-order valence-corrected chi connectivity index (χ3v) is 3.93. The van der Waals surface area contributed by atoms with Gasteiger partial charge in [0, 0.05) is 18.2 Å². The van der Waals surface area contributed by atoms with E-state index in [0.29, 0.717) is 6.42 Å². The monoisotopic (exact) mass is 258 g/mol. The molecule has 0 amide bonds. The Morgan fingerprint density at radius 3 is 2.29 bits per heavy atom. The zero-order valence-corrected chi connectivity index (χ0v) is 10.4. The Balaban J connectivity index is 2.96. The summed E-state index contributed by atoms with van der Waals surface area (Å²) in [5.74, 6) is 0. The Kier molecular flexibility index (Phi) is 4.19. The van der Waals surface area contributed by atoms with Crippen LogP contribution in [-0.2, 0) is 10.0 Å². The van der Waals surface area contributed by atoms with Gasteiger partial charge in [-0.3, -0.25) is 10.1 Å². The number of hydrogen-bond donors (Lipinski definition) is 1. The molecule has 1 rings (SSSR count). The third kappa shape index (κ3) is 3.50. The summed E-state index contributed by atoms with van der Waals surface area (Å²) in [6.07, 6.45) is 0.673. The minimum atomic E-state index is -3.59. The van der Waals surface area contributed by atoms with Crippen LogP contribution < -0.4 is 4.72 Å². The van der Waals surface area contributed by atoms with Gasteiger partial charge in [-0.2, -0.15) is 0 Å². The van der Waals surface area contributed by atoms with Gasteiger partial charge in [0.1, 0.15) is 0 Å². The van der Waals surface area contributed by atoms with Crippen LogP contribution in [0, 0.1) is 10.1 Å². The van der Waals surface area contributed by atoms with Crippen LogP contribution in [0.1, 0.15) is 20.3 Å². The second kappa shape index (κ2) is 5.24. The molecule has 0 bridgehead atoms. The van der Waals surface area contributed by atoms with E-state index in [1.165, 1.54) is 24.3 Å². The third-order valence-electron chi connectivity index (χ3n) is 2.33. The molecular formula is C10H14N2O4S. The second-order valence-electron chi connectivity index (χ2n) is 3.68. The van der Waals surface area contributed by atoms with Gasteiger partial charge in [-0.05, 0) is 25.5 Å². The van der Waals surface area contributed by atoms with E-state index in [2.05, 4.69) is 4.72 Å². The first-order valence-corrected chi connectivity index (χ1v) is 6.62. The summed E-state index contributed by atoms with van der Waals surface area (Å²) in [5.41, 5.74) is -0.132. The van der Waals surface area contributed by atoms with Gasteiger partial charge in [-0.25, -0.2) is 13.1 Å². The van der Waals surface area contributed by atoms with Crippen molar-refractivity contribution in [2.45, 2.75) is 31.2 Å². The molecule has 1 aromatic carbocycles. The zero-order chi connectivity index (χ0) is 13.1. The predicted octanol–water partition coefficient (Wildman–Crippen LogP) is 1.67. The van der Waals surface area contributed by atoms with Crippen molar-refractivity contribution >= 4 is 15.7 Å². The lowest BCUT2D eigenvalue weighted by molar-refractivity contribution is -0.384. The fourth-order valence-electron chi connectivity index (χ4n) is 1.16. The van der Waals surface area contributed by atoms with Crippen LogP contribution in [0.5, 0.6) is 0 Å². The predicted molar refractivity (Wildman–Crippen MR) is 63.2 cm³/mol. The maximum Gasteiger partial charge on any atom is 0.269 e. The van der Waals surface area contributed by atoms with E-state index >= 15 is 0 Å². The molecule has 17 heavy (non-hydrogen) atoms. The Bertz CT molecular complexity index is 496. The molecule has 0 saturated carbocycles. The summed E-state index contributed by atoms with van der Waals surface area (Å²) >= 11 is 0. The van der Waals surface area contributed by atoms with Crippen molar-refractivity contribution in [1.82, 2.24) is 4.72 Å². The van der Waals surface area contributed by atoms with E-state index in [1.807, 2.05) is 6.92 Å². The number of nitrogens with zero attached hydrogens (tertiary/aromatic N) is 1. The summed E-state index contributed by atoms with van der Waals surface area (Å²) < 4.78 is 26.1. The standard InChI is InChI=1S/C10H14N2O4S/c1-3-8(2)11-17(15,16)10-6-4-9(5-7-10)12(13)14/h4-8,11H,3H2,1-2H3/t8-/m1/s1. The molecule has 6 nitrogen and oxygen atoms in total. The maximum absolute atomic E-state index is 11.8. The van der Waals surface area contributed by atoms with Gasteiger partial charge in [0.2, 0.25) is 10.0 Å². The average molecular weight is 258 g/mol. The van der Waals surface area contributed by atoms with Gasteiger partial charge < -0.3 is 0 Å². The maximum atomic E-state index is 11.8. The van der Waals surface area contributed by atoms with E-state index in [0.717, 1.165) is 0 Å². The smallest absolute Gasteiger partial charge is 0.258 e. The molecule has 1 atom stereocenters. The topological polar surface area (TPSA) is 89.3 Å². The quantitative estimate of drug-likeness (QED) is 0.642. The van der Waals surface area contributed by atoms with Crippen LogP contribution in [0.3, 0.4) is 0 Å². The molecule has 1 aromatic rings. The molecule has 0 heterocycles. The number of benzene rings is 1. The molecule has 1 N–H and O–H groups in total. The van der Waals surface area contributed by atoms with Crippen molar-refractivity contribution in [3.05, 3.63) is 34.4 Å². The Morgan fingerprint density at radius 1 is 1.35 bits per heavy atom. The molecule has 0 aromatic heterocycles. The highest BCUT2D eigenvalue weighted by molar-refractivity contribution is 7.89. The van der Waals surface area contributed by atoms with Gasteiger partial charge >= 0.3 is 0 Å². The molecule has 7 heteroatoms. The van der Waals surface area contributed by atoms with Crippen molar-refractivity contribution in [1.29, 1.82) is 0 Å². The van der Waals surface area contributed by atoms with Crippen molar-refractivity contribution in [3.63, 3.8) is 0 Å². The summed E-state index contributed by atoms with van der Waals surface area (Å²) in [5, 5.41) is 10.4. The summed E-state index contributed by atoms with van der Waals surface area (Å²) in [4.78, 5) is 9.89. The van der Waals surface area contributed by atoms with Crippen LogP contribution in [0.25, 0.3) is 0 Å². The van der Waals surface area contributed by atoms with Crippen molar-refractivity contribution in [2.24, 2.45) is 0 Å². The number of hydrogen-bond acceptors (Lipinski definition) is 4. The van der Waals surface area contributed by atoms with Crippen LogP contribution in [0.15, 0.2) is 29.2 Å². The number of nitro benzene ring substituents is 1. The first kappa shape index (κ1) is 13.6. The lowest BCUT2D eigenvalue weighted by Gasteiger charge is -2.11. The molecule has 0 fully saturated rings. The van der Waals surface area contributed by atoms with Crippen LogP contribution in [-0.4, -0.2) is 19.4 Å². The van der Waals surface area contributed by atoms with Gasteiger partial charge in [-0.1, -0.05) is 6.92 Å². The van der Waals surface area contributed by atoms with Crippen LogP contribution in [0.2, 0.25) is 0 Å². The average Bonchev–Trinajstić information content (AvgIpc) is 2.28. The van der Waals surface area contributed by atoms with E-state index in [4.69, 9.17) is 0 Å². The Labute approximate surface area is 99.9 Å².